The molecule has 10 heteroatoms. The lowest BCUT2D eigenvalue weighted by molar-refractivity contribution is -0.870. The van der Waals surface area contributed by atoms with E-state index in [1.54, 1.807) is 0 Å². The summed E-state index contributed by atoms with van der Waals surface area (Å²) in [5.41, 5.74) is 0. The molecule has 0 aliphatic carbocycles. The number of nitrogens with zero attached hydrogens (tertiary/aromatic N) is 1. The number of hydrogen-bond donors (Lipinski definition) is 1. The molecule has 0 spiro atoms. The Morgan fingerprint density at radius 3 is 1.50 bits per heavy atom. The highest BCUT2D eigenvalue weighted by Gasteiger charge is 2.27. The normalized spacial score (nSPS) is 13.7. The Morgan fingerprint density at radius 2 is 1.04 bits per heavy atom. The van der Waals surface area contributed by atoms with E-state index in [0.29, 0.717) is 17.4 Å². The largest absolute Gasteiger partial charge is 0.472 e. The molecule has 0 aliphatic rings. The van der Waals surface area contributed by atoms with Crippen molar-refractivity contribution in [2.75, 3.05) is 47.5 Å². The van der Waals surface area contributed by atoms with Gasteiger partial charge >= 0.3 is 19.8 Å². The summed E-state index contributed by atoms with van der Waals surface area (Å²) >= 11 is 0. The third-order valence-corrected chi connectivity index (χ3v) is 10.2. The number of ether oxygens (including phenoxy) is 2. The zero-order valence-corrected chi connectivity index (χ0v) is 36.2. The lowest BCUT2D eigenvalue weighted by Gasteiger charge is -2.24. The van der Waals surface area contributed by atoms with Crippen molar-refractivity contribution in [2.45, 2.75) is 186 Å². The Bertz CT molecular complexity index is 1010. The standard InChI is InChI=1S/C44H82NO8P/c1-6-8-10-12-14-16-18-20-22-24-26-28-30-32-34-36-43(46)50-40-42(41-52-54(48,49)51-39-38-45(3,4)5)53-44(47)37-35-33-31-29-27-25-23-21-19-17-15-13-11-9-7-2/h7,20-23,42H,2,6,8-19,24-41H2,1,3-5H3/p+1/b22-20-,23-21-/t42-/m1/s1. The predicted molar refractivity (Wildman–Crippen MR) is 224 cm³/mol. The van der Waals surface area contributed by atoms with Crippen molar-refractivity contribution >= 4 is 19.8 Å². The number of carbonyl (C=O) groups excluding carboxylic acids is 2. The molecule has 9 nitrogen and oxygen atoms in total. The zero-order chi connectivity index (χ0) is 40.0. The summed E-state index contributed by atoms with van der Waals surface area (Å²) in [6, 6.07) is 0. The van der Waals surface area contributed by atoms with Crippen LogP contribution < -0.4 is 0 Å². The van der Waals surface area contributed by atoms with Gasteiger partial charge in [0.15, 0.2) is 6.10 Å². The summed E-state index contributed by atoms with van der Waals surface area (Å²) in [5.74, 6) is -0.822. The van der Waals surface area contributed by atoms with E-state index in [1.807, 2.05) is 27.2 Å². The van der Waals surface area contributed by atoms with Gasteiger partial charge in [-0.3, -0.25) is 18.6 Å². The van der Waals surface area contributed by atoms with E-state index in [2.05, 4.69) is 37.8 Å². The minimum Gasteiger partial charge on any atom is -0.462 e. The maximum Gasteiger partial charge on any atom is 0.472 e. The van der Waals surface area contributed by atoms with Crippen LogP contribution in [0.5, 0.6) is 0 Å². The number of phosphoric ester groups is 1. The number of hydrogen-bond acceptors (Lipinski definition) is 7. The topological polar surface area (TPSA) is 108 Å². The van der Waals surface area contributed by atoms with E-state index in [1.165, 1.54) is 70.6 Å². The van der Waals surface area contributed by atoms with E-state index < -0.39 is 26.5 Å². The van der Waals surface area contributed by atoms with Crippen molar-refractivity contribution < 1.29 is 42.1 Å². The first-order valence-electron chi connectivity index (χ1n) is 21.7. The van der Waals surface area contributed by atoms with Crippen molar-refractivity contribution in [3.05, 3.63) is 37.0 Å². The molecular formula is C44H83NO8P+. The van der Waals surface area contributed by atoms with Crippen LogP contribution in [-0.4, -0.2) is 74.9 Å². The second-order valence-corrected chi connectivity index (χ2v) is 17.3. The molecule has 0 radical (unpaired) electrons. The fourth-order valence-electron chi connectivity index (χ4n) is 5.81. The molecule has 0 rings (SSSR count). The van der Waals surface area contributed by atoms with Crippen LogP contribution in [0.4, 0.5) is 0 Å². The van der Waals surface area contributed by atoms with Gasteiger partial charge in [-0.1, -0.05) is 121 Å². The monoisotopic (exact) mass is 785 g/mol. The molecule has 1 unspecified atom stereocenters. The molecule has 0 aliphatic heterocycles. The average Bonchev–Trinajstić information content (AvgIpc) is 3.12. The molecule has 0 amide bonds. The maximum atomic E-state index is 12.7. The number of allylic oxidation sites excluding steroid dienone is 5. The van der Waals surface area contributed by atoms with Crippen molar-refractivity contribution in [3.63, 3.8) is 0 Å². The molecular weight excluding hydrogens is 701 g/mol. The number of unbranched alkanes of at least 4 members (excludes halogenated alkanes) is 21. The van der Waals surface area contributed by atoms with Crippen molar-refractivity contribution in [2.24, 2.45) is 0 Å². The minimum absolute atomic E-state index is 0.0274. The van der Waals surface area contributed by atoms with Crippen LogP contribution in [0.3, 0.4) is 0 Å². The molecule has 0 aromatic carbocycles. The predicted octanol–water partition coefficient (Wildman–Crippen LogP) is 12.1. The summed E-state index contributed by atoms with van der Waals surface area (Å²) < 4.78 is 34.3. The van der Waals surface area contributed by atoms with Gasteiger partial charge in [0.1, 0.15) is 19.8 Å². The summed E-state index contributed by atoms with van der Waals surface area (Å²) in [6.45, 7) is 5.91. The molecule has 0 bridgehead atoms. The van der Waals surface area contributed by atoms with Crippen molar-refractivity contribution in [3.8, 4) is 0 Å². The number of likely N-dealkylation sites (N-methyl/N-ethyl adjacent to an activating group) is 1. The first kappa shape index (κ1) is 52.2. The smallest absolute Gasteiger partial charge is 0.462 e. The first-order valence-corrected chi connectivity index (χ1v) is 23.2. The highest BCUT2D eigenvalue weighted by Crippen LogP contribution is 2.43. The molecule has 2 atom stereocenters. The van der Waals surface area contributed by atoms with Crippen LogP contribution in [-0.2, 0) is 32.7 Å². The Balaban J connectivity index is 4.38. The molecule has 0 aromatic heterocycles. The molecule has 0 fully saturated rings. The lowest BCUT2D eigenvalue weighted by atomic mass is 10.1. The van der Waals surface area contributed by atoms with Crippen molar-refractivity contribution in [1.29, 1.82) is 0 Å². The van der Waals surface area contributed by atoms with Gasteiger partial charge in [0.05, 0.1) is 27.7 Å². The number of phosphoric acid groups is 1. The van der Waals surface area contributed by atoms with Gasteiger partial charge in [-0.05, 0) is 77.0 Å². The molecule has 0 heterocycles. The first-order chi connectivity index (χ1) is 26.0. The number of rotatable bonds is 40. The fraction of sp³-hybridized carbons (Fsp3) is 0.818. The Labute approximate surface area is 331 Å². The second kappa shape index (κ2) is 36.8. The lowest BCUT2D eigenvalue weighted by Crippen LogP contribution is -2.37. The zero-order valence-electron chi connectivity index (χ0n) is 35.3. The Morgan fingerprint density at radius 1 is 0.611 bits per heavy atom. The van der Waals surface area contributed by atoms with E-state index in [-0.39, 0.29) is 32.0 Å². The van der Waals surface area contributed by atoms with Crippen LogP contribution in [0.2, 0.25) is 0 Å². The maximum absolute atomic E-state index is 12.7. The van der Waals surface area contributed by atoms with E-state index >= 15 is 0 Å². The summed E-state index contributed by atoms with van der Waals surface area (Å²) in [4.78, 5) is 35.3. The quantitative estimate of drug-likeness (QED) is 0.0215. The van der Waals surface area contributed by atoms with Gasteiger partial charge in [-0.15, -0.1) is 6.58 Å². The minimum atomic E-state index is -4.38. The van der Waals surface area contributed by atoms with Gasteiger partial charge in [0, 0.05) is 12.8 Å². The molecule has 0 saturated heterocycles. The number of esters is 2. The van der Waals surface area contributed by atoms with E-state index in [0.717, 1.165) is 83.5 Å². The van der Waals surface area contributed by atoms with Gasteiger partial charge in [0.2, 0.25) is 0 Å². The molecule has 0 aromatic rings. The van der Waals surface area contributed by atoms with Crippen LogP contribution in [0, 0.1) is 0 Å². The average molecular weight is 785 g/mol. The van der Waals surface area contributed by atoms with E-state index in [9.17, 15) is 19.0 Å². The molecule has 316 valence electrons. The van der Waals surface area contributed by atoms with Crippen LogP contribution in [0.25, 0.3) is 0 Å². The fourth-order valence-corrected chi connectivity index (χ4v) is 6.55. The second-order valence-electron chi connectivity index (χ2n) is 15.8. The molecule has 0 saturated carbocycles. The third kappa shape index (κ3) is 39.9. The van der Waals surface area contributed by atoms with Gasteiger partial charge < -0.3 is 18.9 Å². The summed E-state index contributed by atoms with van der Waals surface area (Å²) in [7, 11) is 1.46. The van der Waals surface area contributed by atoms with Crippen LogP contribution in [0.15, 0.2) is 37.0 Å². The summed E-state index contributed by atoms with van der Waals surface area (Å²) in [5, 5.41) is 0. The SMILES string of the molecule is C=CCCCCCC/C=C\CCCCCCCC(=O)O[C@H](COC(=O)CCCCCCC/C=C\CCCCCCCC)COP(=O)(O)OCC[N+](C)(C)C. The van der Waals surface area contributed by atoms with Crippen LogP contribution in [0.1, 0.15) is 180 Å². The Kier molecular flexibility index (Phi) is 35.6. The molecule has 54 heavy (non-hydrogen) atoms. The van der Waals surface area contributed by atoms with Crippen LogP contribution >= 0.6 is 7.82 Å². The Hall–Kier alpha value is -1.77. The van der Waals surface area contributed by atoms with Crippen molar-refractivity contribution in [1.82, 2.24) is 0 Å². The van der Waals surface area contributed by atoms with Gasteiger partial charge in [-0.25, -0.2) is 4.57 Å². The molecule has 1 N–H and O–H groups in total. The third-order valence-electron chi connectivity index (χ3n) is 9.26. The van der Waals surface area contributed by atoms with Gasteiger partial charge in [-0.2, -0.15) is 0 Å². The van der Waals surface area contributed by atoms with E-state index in [4.69, 9.17) is 18.5 Å². The van der Waals surface area contributed by atoms with Gasteiger partial charge in [0.25, 0.3) is 0 Å². The highest BCUT2D eigenvalue weighted by atomic mass is 31.2. The number of quaternary nitrogens is 1. The highest BCUT2D eigenvalue weighted by molar-refractivity contribution is 7.47. The summed E-state index contributed by atoms with van der Waals surface area (Å²) in [6.07, 6.45) is 39.3. The number of carbonyl (C=O) groups is 2.